The van der Waals surface area contributed by atoms with Crippen LogP contribution in [0.25, 0.3) is 0 Å². The summed E-state index contributed by atoms with van der Waals surface area (Å²) in [5.74, 6) is 2.21. The molecular weight excluding hydrogens is 368 g/mol. The number of nitrogens with one attached hydrogen (secondary N) is 1. The maximum atomic E-state index is 6.13. The van der Waals surface area contributed by atoms with E-state index < -0.39 is 0 Å². The van der Waals surface area contributed by atoms with Crippen LogP contribution in [0.4, 0.5) is 17.5 Å². The minimum atomic E-state index is 0.399. The molecule has 1 saturated carbocycles. The molecule has 0 amide bonds. The van der Waals surface area contributed by atoms with Gasteiger partial charge < -0.3 is 10.2 Å². The third kappa shape index (κ3) is 3.57. The Hall–Kier alpha value is -2.59. The summed E-state index contributed by atoms with van der Waals surface area (Å²) in [5.41, 5.74) is 4.88. The van der Waals surface area contributed by atoms with E-state index in [1.54, 1.807) is 0 Å². The molecule has 1 N–H and O–H groups in total. The second-order valence-electron chi connectivity index (χ2n) is 7.83. The molecule has 2 aromatic carbocycles. The zero-order chi connectivity index (χ0) is 19.1. The van der Waals surface area contributed by atoms with Crippen molar-refractivity contribution < 1.29 is 0 Å². The van der Waals surface area contributed by atoms with Gasteiger partial charge in [-0.1, -0.05) is 41.9 Å². The molecule has 3 aromatic rings. The van der Waals surface area contributed by atoms with Crippen molar-refractivity contribution in [3.63, 3.8) is 0 Å². The lowest BCUT2D eigenvalue weighted by Crippen LogP contribution is -2.39. The van der Waals surface area contributed by atoms with Crippen LogP contribution in [0.1, 0.15) is 42.5 Å². The number of benzene rings is 2. The summed E-state index contributed by atoms with van der Waals surface area (Å²) in [6.45, 7) is 3.16. The van der Waals surface area contributed by atoms with Crippen LogP contribution in [0.2, 0.25) is 5.02 Å². The number of hydrogen-bond donors (Lipinski definition) is 1. The van der Waals surface area contributed by atoms with Gasteiger partial charge in [0.1, 0.15) is 5.82 Å². The summed E-state index contributed by atoms with van der Waals surface area (Å²) in [6.07, 6.45) is 3.47. The Labute approximate surface area is 170 Å². The van der Waals surface area contributed by atoms with Gasteiger partial charge in [0.2, 0.25) is 5.95 Å². The van der Waals surface area contributed by atoms with Crippen LogP contribution in [0.15, 0.2) is 54.6 Å². The van der Waals surface area contributed by atoms with Gasteiger partial charge in [-0.3, -0.25) is 0 Å². The van der Waals surface area contributed by atoms with Crippen LogP contribution in [0.5, 0.6) is 0 Å². The van der Waals surface area contributed by atoms with Crippen molar-refractivity contribution in [1.82, 2.24) is 9.97 Å². The Kier molecular flexibility index (Phi) is 4.44. The van der Waals surface area contributed by atoms with Gasteiger partial charge in [0.05, 0.1) is 5.69 Å². The maximum absolute atomic E-state index is 6.13. The lowest BCUT2D eigenvalue weighted by Gasteiger charge is -2.36. The monoisotopic (exact) mass is 390 g/mol. The van der Waals surface area contributed by atoms with Gasteiger partial charge in [0.15, 0.2) is 0 Å². The van der Waals surface area contributed by atoms with Crippen molar-refractivity contribution in [3.8, 4) is 0 Å². The number of anilines is 3. The van der Waals surface area contributed by atoms with Crippen LogP contribution in [-0.4, -0.2) is 16.0 Å². The summed E-state index contributed by atoms with van der Waals surface area (Å²) in [4.78, 5) is 12.1. The van der Waals surface area contributed by atoms with Gasteiger partial charge in [-0.05, 0) is 55.5 Å². The van der Waals surface area contributed by atoms with E-state index in [4.69, 9.17) is 21.6 Å². The largest absolute Gasteiger partial charge is 0.349 e. The van der Waals surface area contributed by atoms with E-state index in [1.807, 2.05) is 24.3 Å². The predicted octanol–water partition coefficient (Wildman–Crippen LogP) is 5.70. The first-order valence-electron chi connectivity index (χ1n) is 9.91. The highest BCUT2D eigenvalue weighted by atomic mass is 35.5. The van der Waals surface area contributed by atoms with E-state index in [2.05, 4.69) is 47.5 Å². The molecule has 1 aromatic heterocycles. The molecule has 1 fully saturated rings. The average Bonchev–Trinajstić information content (AvgIpc) is 3.52. The molecule has 2 aliphatic rings. The molecule has 28 heavy (non-hydrogen) atoms. The first-order chi connectivity index (χ1) is 13.7. The van der Waals surface area contributed by atoms with E-state index >= 15 is 0 Å². The molecule has 0 spiro atoms. The smallest absolute Gasteiger partial charge is 0.229 e. The third-order valence-corrected chi connectivity index (χ3v) is 5.84. The fourth-order valence-electron chi connectivity index (χ4n) is 3.92. The molecule has 0 bridgehead atoms. The quantitative estimate of drug-likeness (QED) is 0.620. The van der Waals surface area contributed by atoms with Gasteiger partial charge in [0, 0.05) is 35.3 Å². The van der Waals surface area contributed by atoms with E-state index in [1.165, 1.54) is 24.0 Å². The number of rotatable bonds is 4. The number of aromatic nitrogens is 2. The molecule has 5 heteroatoms. The zero-order valence-corrected chi connectivity index (χ0v) is 16.7. The molecule has 5 rings (SSSR count). The van der Waals surface area contributed by atoms with E-state index in [0.29, 0.717) is 22.9 Å². The molecule has 2 heterocycles. The van der Waals surface area contributed by atoms with Crippen molar-refractivity contribution in [2.24, 2.45) is 0 Å². The number of hydrogen-bond acceptors (Lipinski definition) is 4. The van der Waals surface area contributed by atoms with Gasteiger partial charge in [-0.25, -0.2) is 4.98 Å². The second kappa shape index (κ2) is 7.10. The minimum absolute atomic E-state index is 0.399. The van der Waals surface area contributed by atoms with Crippen molar-refractivity contribution in [1.29, 1.82) is 0 Å². The van der Waals surface area contributed by atoms with Crippen molar-refractivity contribution in [2.45, 2.75) is 44.7 Å². The molecule has 4 nitrogen and oxygen atoms in total. The normalized spacial score (nSPS) is 18.6. The topological polar surface area (TPSA) is 41.1 Å². The lowest BCUT2D eigenvalue weighted by molar-refractivity contribution is 0.586. The van der Waals surface area contributed by atoms with Crippen LogP contribution in [0, 0.1) is 0 Å². The summed E-state index contributed by atoms with van der Waals surface area (Å²) >= 11 is 6.13. The Morgan fingerprint density at radius 1 is 1.00 bits per heavy atom. The third-order valence-electron chi connectivity index (χ3n) is 5.61. The van der Waals surface area contributed by atoms with Crippen molar-refractivity contribution in [2.75, 3.05) is 10.2 Å². The van der Waals surface area contributed by atoms with Crippen LogP contribution in [0.3, 0.4) is 0 Å². The van der Waals surface area contributed by atoms with Crippen LogP contribution < -0.4 is 10.2 Å². The number of nitrogens with zero attached hydrogens (tertiary/aromatic N) is 3. The Bertz CT molecular complexity index is 1010. The lowest BCUT2D eigenvalue weighted by atomic mass is 9.95. The van der Waals surface area contributed by atoms with Crippen molar-refractivity contribution >= 4 is 29.1 Å². The Balaban J connectivity index is 1.49. The standard InChI is InChI=1S/C23H23ClN4/c1-15-11-17-5-2-3-6-18(17)14-28(15)22-13-21(16-9-10-16)26-23(27-22)25-20-8-4-7-19(24)12-20/h2-8,12-13,15-16H,9-11,14H2,1H3,(H,25,26,27)/t15-/m1/s1. The summed E-state index contributed by atoms with van der Waals surface area (Å²) in [7, 11) is 0. The van der Waals surface area contributed by atoms with Crippen LogP contribution in [-0.2, 0) is 13.0 Å². The summed E-state index contributed by atoms with van der Waals surface area (Å²) < 4.78 is 0. The van der Waals surface area contributed by atoms with E-state index in [-0.39, 0.29) is 0 Å². The number of fused-ring (bicyclic) bond motifs is 1. The van der Waals surface area contributed by atoms with Gasteiger partial charge in [0.25, 0.3) is 0 Å². The molecule has 1 aliphatic heterocycles. The first-order valence-corrected chi connectivity index (χ1v) is 10.3. The van der Waals surface area contributed by atoms with E-state index in [9.17, 15) is 0 Å². The van der Waals surface area contributed by atoms with Gasteiger partial charge >= 0.3 is 0 Å². The molecule has 0 unspecified atom stereocenters. The minimum Gasteiger partial charge on any atom is -0.349 e. The van der Waals surface area contributed by atoms with Crippen molar-refractivity contribution in [3.05, 3.63) is 76.4 Å². The predicted molar refractivity (Wildman–Crippen MR) is 115 cm³/mol. The fourth-order valence-corrected chi connectivity index (χ4v) is 4.11. The second-order valence-corrected chi connectivity index (χ2v) is 8.27. The van der Waals surface area contributed by atoms with Crippen LogP contribution >= 0.6 is 11.6 Å². The molecule has 1 aliphatic carbocycles. The highest BCUT2D eigenvalue weighted by Gasteiger charge is 2.29. The van der Waals surface area contributed by atoms with E-state index in [0.717, 1.165) is 30.2 Å². The number of halogens is 1. The first kappa shape index (κ1) is 17.5. The fraction of sp³-hybridized carbons (Fsp3) is 0.304. The molecule has 0 radical (unpaired) electrons. The zero-order valence-electron chi connectivity index (χ0n) is 15.9. The van der Waals surface area contributed by atoms with Gasteiger partial charge in [-0.15, -0.1) is 0 Å². The molecule has 142 valence electrons. The average molecular weight is 391 g/mol. The molecular formula is C23H23ClN4. The maximum Gasteiger partial charge on any atom is 0.229 e. The highest BCUT2D eigenvalue weighted by molar-refractivity contribution is 6.30. The SMILES string of the molecule is C[C@@H]1Cc2ccccc2CN1c1cc(C2CC2)nc(Nc2cccc(Cl)c2)n1. The molecule has 0 saturated heterocycles. The molecule has 1 atom stereocenters. The van der Waals surface area contributed by atoms with Gasteiger partial charge in [-0.2, -0.15) is 4.98 Å². The Morgan fingerprint density at radius 2 is 1.82 bits per heavy atom. The summed E-state index contributed by atoms with van der Waals surface area (Å²) in [6, 6.07) is 19.0. The summed E-state index contributed by atoms with van der Waals surface area (Å²) in [5, 5.41) is 4.05. The highest BCUT2D eigenvalue weighted by Crippen LogP contribution is 2.41. The Morgan fingerprint density at radius 3 is 2.61 bits per heavy atom.